The molecule has 0 unspecified atom stereocenters. The maximum absolute atomic E-state index is 14.1. The summed E-state index contributed by atoms with van der Waals surface area (Å²) in [5, 5.41) is 8.65. The summed E-state index contributed by atoms with van der Waals surface area (Å²) in [6.45, 7) is 4.73. The van der Waals surface area contributed by atoms with Gasteiger partial charge < -0.3 is 5.11 Å². The molecule has 1 aromatic rings. The summed E-state index contributed by atoms with van der Waals surface area (Å²) in [4.78, 5) is 2.34. The summed E-state index contributed by atoms with van der Waals surface area (Å²) in [5.41, 5.74) is 1.35. The van der Waals surface area contributed by atoms with Crippen molar-refractivity contribution in [1.29, 1.82) is 0 Å². The Morgan fingerprint density at radius 3 is 2.80 bits per heavy atom. The van der Waals surface area contributed by atoms with Gasteiger partial charge in [-0.2, -0.15) is 0 Å². The van der Waals surface area contributed by atoms with Gasteiger partial charge in [0.05, 0.1) is 0 Å². The Kier molecular flexibility index (Phi) is 5.58. The largest absolute Gasteiger partial charge is 0.384 e. The van der Waals surface area contributed by atoms with E-state index in [1.165, 1.54) is 18.9 Å². The number of aliphatic hydroxyl groups is 1. The summed E-state index contributed by atoms with van der Waals surface area (Å²) >= 11 is 0. The molecule has 0 bridgehead atoms. The number of aliphatic hydroxyl groups excluding tert-OH is 1. The molecule has 0 radical (unpaired) electrons. The van der Waals surface area contributed by atoms with E-state index in [2.05, 4.69) is 23.7 Å². The highest BCUT2D eigenvalue weighted by Crippen LogP contribution is 2.30. The Morgan fingerprint density at radius 2 is 2.20 bits per heavy atom. The quantitative estimate of drug-likeness (QED) is 0.807. The van der Waals surface area contributed by atoms with E-state index >= 15 is 0 Å². The molecule has 2 nitrogen and oxygen atoms in total. The third-order valence-corrected chi connectivity index (χ3v) is 3.51. The van der Waals surface area contributed by atoms with E-state index < -0.39 is 0 Å². The van der Waals surface area contributed by atoms with Crippen LogP contribution in [-0.4, -0.2) is 29.7 Å². The maximum atomic E-state index is 14.1. The fraction of sp³-hybridized carbons (Fsp3) is 0.529. The third-order valence-electron chi connectivity index (χ3n) is 3.51. The van der Waals surface area contributed by atoms with Crippen LogP contribution in [0, 0.1) is 23.6 Å². The molecule has 2 rings (SSSR count). The molecule has 0 saturated heterocycles. The molecule has 0 amide bonds. The molecule has 1 N–H and O–H groups in total. The van der Waals surface area contributed by atoms with E-state index in [1.54, 1.807) is 0 Å². The number of hydrogen-bond donors (Lipinski definition) is 1. The molecule has 108 valence electrons. The minimum atomic E-state index is -0.202. The standard InChI is InChI=1S/C17H22FNO/c1-2-9-19(12-15-5-6-15)13-16-8-7-14(4-3-10-20)11-17(16)18/h7-8,11,15,20H,2,5-6,9-10,12-13H2,1H3. The summed E-state index contributed by atoms with van der Waals surface area (Å²) < 4.78 is 14.1. The molecule has 0 aliphatic heterocycles. The average Bonchev–Trinajstić information content (AvgIpc) is 3.23. The van der Waals surface area contributed by atoms with Crippen LogP contribution in [0.3, 0.4) is 0 Å². The molecular formula is C17H22FNO. The lowest BCUT2D eigenvalue weighted by Gasteiger charge is -2.21. The Balaban J connectivity index is 2.02. The zero-order valence-electron chi connectivity index (χ0n) is 12.0. The van der Waals surface area contributed by atoms with Crippen molar-refractivity contribution in [3.05, 3.63) is 35.1 Å². The van der Waals surface area contributed by atoms with Gasteiger partial charge in [0.25, 0.3) is 0 Å². The topological polar surface area (TPSA) is 23.5 Å². The van der Waals surface area contributed by atoms with Crippen LogP contribution in [-0.2, 0) is 6.54 Å². The van der Waals surface area contributed by atoms with E-state index in [9.17, 15) is 4.39 Å². The van der Waals surface area contributed by atoms with Crippen molar-refractivity contribution >= 4 is 0 Å². The van der Waals surface area contributed by atoms with Crippen molar-refractivity contribution in [3.63, 3.8) is 0 Å². The van der Waals surface area contributed by atoms with Crippen molar-refractivity contribution in [2.45, 2.75) is 32.7 Å². The Hall–Kier alpha value is -1.37. The van der Waals surface area contributed by atoms with Crippen LogP contribution in [0.4, 0.5) is 4.39 Å². The zero-order chi connectivity index (χ0) is 14.4. The van der Waals surface area contributed by atoms with Gasteiger partial charge in [0.1, 0.15) is 12.4 Å². The Labute approximate surface area is 120 Å². The van der Waals surface area contributed by atoms with E-state index in [1.807, 2.05) is 12.1 Å². The lowest BCUT2D eigenvalue weighted by molar-refractivity contribution is 0.251. The first-order chi connectivity index (χ1) is 9.72. The molecule has 1 saturated carbocycles. The summed E-state index contributed by atoms with van der Waals surface area (Å²) in [6, 6.07) is 5.09. The van der Waals surface area contributed by atoms with Crippen LogP contribution in [0.25, 0.3) is 0 Å². The molecule has 0 spiro atoms. The summed E-state index contributed by atoms with van der Waals surface area (Å²) in [5.74, 6) is 5.88. The highest BCUT2D eigenvalue weighted by atomic mass is 19.1. The molecule has 1 aliphatic rings. The van der Waals surface area contributed by atoms with Crippen molar-refractivity contribution in [2.75, 3.05) is 19.7 Å². The first kappa shape index (κ1) is 15.0. The van der Waals surface area contributed by atoms with Crippen LogP contribution in [0.1, 0.15) is 37.3 Å². The highest BCUT2D eigenvalue weighted by Gasteiger charge is 2.24. The van der Waals surface area contributed by atoms with Crippen molar-refractivity contribution in [3.8, 4) is 11.8 Å². The van der Waals surface area contributed by atoms with E-state index in [0.29, 0.717) is 12.1 Å². The second kappa shape index (κ2) is 7.42. The lowest BCUT2D eigenvalue weighted by Crippen LogP contribution is -2.26. The maximum Gasteiger partial charge on any atom is 0.128 e. The molecule has 0 atom stereocenters. The number of hydrogen-bond acceptors (Lipinski definition) is 2. The van der Waals surface area contributed by atoms with Crippen molar-refractivity contribution in [2.24, 2.45) is 5.92 Å². The smallest absolute Gasteiger partial charge is 0.128 e. The van der Waals surface area contributed by atoms with Gasteiger partial charge >= 0.3 is 0 Å². The second-order valence-electron chi connectivity index (χ2n) is 5.44. The van der Waals surface area contributed by atoms with Gasteiger partial charge in [-0.05, 0) is 43.9 Å². The molecule has 1 fully saturated rings. The normalized spacial score (nSPS) is 14.2. The molecule has 0 heterocycles. The minimum Gasteiger partial charge on any atom is -0.384 e. The fourth-order valence-electron chi connectivity index (χ4n) is 2.35. The molecule has 0 aromatic heterocycles. The van der Waals surface area contributed by atoms with Crippen LogP contribution < -0.4 is 0 Å². The number of benzene rings is 1. The predicted octanol–water partition coefficient (Wildman–Crippen LogP) is 2.79. The minimum absolute atomic E-state index is 0.199. The van der Waals surface area contributed by atoms with Gasteiger partial charge in [-0.3, -0.25) is 4.90 Å². The zero-order valence-corrected chi connectivity index (χ0v) is 12.0. The van der Waals surface area contributed by atoms with Crippen LogP contribution in [0.15, 0.2) is 18.2 Å². The first-order valence-electron chi connectivity index (χ1n) is 7.33. The van der Waals surface area contributed by atoms with Crippen LogP contribution in [0.2, 0.25) is 0 Å². The monoisotopic (exact) mass is 275 g/mol. The van der Waals surface area contributed by atoms with Gasteiger partial charge in [-0.25, -0.2) is 4.39 Å². The van der Waals surface area contributed by atoms with Gasteiger partial charge in [0.2, 0.25) is 0 Å². The third kappa shape index (κ3) is 4.63. The van der Waals surface area contributed by atoms with E-state index in [0.717, 1.165) is 31.0 Å². The van der Waals surface area contributed by atoms with Crippen LogP contribution >= 0.6 is 0 Å². The lowest BCUT2D eigenvalue weighted by atomic mass is 10.1. The second-order valence-corrected chi connectivity index (χ2v) is 5.44. The Bertz CT molecular complexity index is 499. The van der Waals surface area contributed by atoms with Gasteiger partial charge in [0, 0.05) is 24.2 Å². The highest BCUT2D eigenvalue weighted by molar-refractivity contribution is 5.37. The first-order valence-corrected chi connectivity index (χ1v) is 7.33. The predicted molar refractivity (Wildman–Crippen MR) is 78.7 cm³/mol. The molecule has 20 heavy (non-hydrogen) atoms. The Morgan fingerprint density at radius 1 is 1.40 bits per heavy atom. The molecule has 1 aromatic carbocycles. The van der Waals surface area contributed by atoms with E-state index in [4.69, 9.17) is 5.11 Å². The van der Waals surface area contributed by atoms with Crippen molar-refractivity contribution < 1.29 is 9.50 Å². The SMILES string of the molecule is CCCN(Cc1ccc(C#CCO)cc1F)CC1CC1. The average molecular weight is 275 g/mol. The van der Waals surface area contributed by atoms with Crippen LogP contribution in [0.5, 0.6) is 0 Å². The van der Waals surface area contributed by atoms with Gasteiger partial charge in [-0.15, -0.1) is 0 Å². The summed E-state index contributed by atoms with van der Waals surface area (Å²) in [6.07, 6.45) is 3.73. The van der Waals surface area contributed by atoms with E-state index in [-0.39, 0.29) is 12.4 Å². The molecular weight excluding hydrogens is 253 g/mol. The summed E-state index contributed by atoms with van der Waals surface area (Å²) in [7, 11) is 0. The number of nitrogens with zero attached hydrogens (tertiary/aromatic N) is 1. The van der Waals surface area contributed by atoms with Gasteiger partial charge in [-0.1, -0.05) is 24.8 Å². The number of halogens is 1. The van der Waals surface area contributed by atoms with Gasteiger partial charge in [0.15, 0.2) is 0 Å². The number of rotatable bonds is 6. The molecule has 3 heteroatoms. The molecule has 1 aliphatic carbocycles. The fourth-order valence-corrected chi connectivity index (χ4v) is 2.35. The van der Waals surface area contributed by atoms with Crippen molar-refractivity contribution in [1.82, 2.24) is 4.90 Å².